The fourth-order valence-electron chi connectivity index (χ4n) is 2.58. The second-order valence-electron chi connectivity index (χ2n) is 4.87. The zero-order valence-electron chi connectivity index (χ0n) is 10.6. The van der Waals surface area contributed by atoms with E-state index < -0.39 is 11.9 Å². The van der Waals surface area contributed by atoms with Crippen molar-refractivity contribution in [3.05, 3.63) is 35.1 Å². The Morgan fingerprint density at radius 3 is 2.85 bits per heavy atom. The van der Waals surface area contributed by atoms with Crippen LogP contribution in [0.2, 0.25) is 5.15 Å². The number of para-hydroxylation sites is 1. The van der Waals surface area contributed by atoms with Crippen LogP contribution in [-0.4, -0.2) is 25.7 Å². The van der Waals surface area contributed by atoms with Crippen molar-refractivity contribution >= 4 is 17.6 Å². The SMILES string of the molecule is O=C(O)C1CCc2c(Cl)nc(-c3ccccc3O)n2C1. The van der Waals surface area contributed by atoms with Gasteiger partial charge in [0.1, 0.15) is 11.6 Å². The summed E-state index contributed by atoms with van der Waals surface area (Å²) in [5, 5.41) is 19.5. The van der Waals surface area contributed by atoms with Crippen molar-refractivity contribution in [1.29, 1.82) is 0 Å². The summed E-state index contributed by atoms with van der Waals surface area (Å²) in [5.41, 5.74) is 1.40. The van der Waals surface area contributed by atoms with Crippen molar-refractivity contribution in [2.45, 2.75) is 19.4 Å². The number of carboxylic acid groups (broad SMARTS) is 1. The molecule has 2 heterocycles. The zero-order valence-corrected chi connectivity index (χ0v) is 11.3. The predicted molar refractivity (Wildman–Crippen MR) is 73.8 cm³/mol. The van der Waals surface area contributed by atoms with Crippen LogP contribution in [0.4, 0.5) is 0 Å². The largest absolute Gasteiger partial charge is 0.507 e. The van der Waals surface area contributed by atoms with Gasteiger partial charge >= 0.3 is 5.97 Å². The molecular formula is C14H13ClN2O3. The third-order valence-electron chi connectivity index (χ3n) is 3.65. The highest BCUT2D eigenvalue weighted by Crippen LogP contribution is 2.35. The normalized spacial score (nSPS) is 17.8. The van der Waals surface area contributed by atoms with Gasteiger partial charge in [-0.05, 0) is 25.0 Å². The van der Waals surface area contributed by atoms with Crippen LogP contribution < -0.4 is 0 Å². The Morgan fingerprint density at radius 1 is 1.40 bits per heavy atom. The number of carbonyl (C=O) groups is 1. The molecule has 5 nitrogen and oxygen atoms in total. The number of aliphatic carboxylic acids is 1. The van der Waals surface area contributed by atoms with Gasteiger partial charge in [0.15, 0.2) is 5.15 Å². The molecule has 2 aromatic rings. The molecule has 0 amide bonds. The molecule has 0 saturated heterocycles. The van der Waals surface area contributed by atoms with Crippen LogP contribution >= 0.6 is 11.6 Å². The van der Waals surface area contributed by atoms with Crippen LogP contribution in [0.1, 0.15) is 12.1 Å². The van der Waals surface area contributed by atoms with Gasteiger partial charge in [0.25, 0.3) is 0 Å². The second kappa shape index (κ2) is 4.83. The number of benzene rings is 1. The molecule has 20 heavy (non-hydrogen) atoms. The lowest BCUT2D eigenvalue weighted by Gasteiger charge is -2.22. The third-order valence-corrected chi connectivity index (χ3v) is 3.95. The minimum absolute atomic E-state index is 0.106. The summed E-state index contributed by atoms with van der Waals surface area (Å²) in [7, 11) is 0. The van der Waals surface area contributed by atoms with E-state index in [0.717, 1.165) is 5.69 Å². The van der Waals surface area contributed by atoms with Crippen LogP contribution in [0.15, 0.2) is 24.3 Å². The molecule has 104 valence electrons. The second-order valence-corrected chi connectivity index (χ2v) is 5.23. The number of aromatic nitrogens is 2. The number of aromatic hydroxyl groups is 1. The highest BCUT2D eigenvalue weighted by Gasteiger charge is 2.29. The number of phenols is 1. The van der Waals surface area contributed by atoms with Crippen LogP contribution in [0, 0.1) is 5.92 Å². The highest BCUT2D eigenvalue weighted by atomic mass is 35.5. The first-order valence-corrected chi connectivity index (χ1v) is 6.72. The molecule has 1 aromatic heterocycles. The maximum Gasteiger partial charge on any atom is 0.308 e. The maximum atomic E-state index is 11.2. The number of carboxylic acids is 1. The average molecular weight is 293 g/mol. The molecular weight excluding hydrogens is 280 g/mol. The minimum Gasteiger partial charge on any atom is -0.507 e. The molecule has 1 unspecified atom stereocenters. The summed E-state index contributed by atoms with van der Waals surface area (Å²) in [4.78, 5) is 15.5. The number of hydrogen-bond acceptors (Lipinski definition) is 3. The van der Waals surface area contributed by atoms with Crippen molar-refractivity contribution in [3.63, 3.8) is 0 Å². The molecule has 1 aromatic carbocycles. The predicted octanol–water partition coefficient (Wildman–Crippen LogP) is 2.56. The Labute approximate surface area is 120 Å². The van der Waals surface area contributed by atoms with E-state index in [1.54, 1.807) is 28.8 Å². The zero-order chi connectivity index (χ0) is 14.3. The van der Waals surface area contributed by atoms with E-state index >= 15 is 0 Å². The summed E-state index contributed by atoms with van der Waals surface area (Å²) >= 11 is 6.13. The lowest BCUT2D eigenvalue weighted by Crippen LogP contribution is -2.26. The van der Waals surface area contributed by atoms with Gasteiger partial charge in [0.05, 0.1) is 17.2 Å². The Kier molecular flexibility index (Phi) is 3.14. The van der Waals surface area contributed by atoms with Gasteiger partial charge in [0.2, 0.25) is 0 Å². The first kappa shape index (κ1) is 13.0. The van der Waals surface area contributed by atoms with Crippen molar-refractivity contribution < 1.29 is 15.0 Å². The maximum absolute atomic E-state index is 11.2. The fraction of sp³-hybridized carbons (Fsp3) is 0.286. The Balaban J connectivity index is 2.11. The van der Waals surface area contributed by atoms with Crippen molar-refractivity contribution in [3.8, 4) is 17.1 Å². The molecule has 0 spiro atoms. The van der Waals surface area contributed by atoms with Crippen LogP contribution in [0.25, 0.3) is 11.4 Å². The van der Waals surface area contributed by atoms with E-state index in [1.807, 2.05) is 0 Å². The van der Waals surface area contributed by atoms with E-state index in [2.05, 4.69) is 4.98 Å². The Bertz CT molecular complexity index is 681. The molecule has 0 bridgehead atoms. The van der Waals surface area contributed by atoms with Gasteiger partial charge in [-0.3, -0.25) is 4.79 Å². The van der Waals surface area contributed by atoms with Gasteiger partial charge in [0, 0.05) is 6.54 Å². The van der Waals surface area contributed by atoms with E-state index in [4.69, 9.17) is 11.6 Å². The summed E-state index contributed by atoms with van der Waals surface area (Å²) < 4.78 is 1.81. The van der Waals surface area contributed by atoms with Crippen molar-refractivity contribution in [2.75, 3.05) is 0 Å². The Morgan fingerprint density at radius 2 is 2.15 bits per heavy atom. The molecule has 2 N–H and O–H groups in total. The van der Waals surface area contributed by atoms with Crippen molar-refractivity contribution in [1.82, 2.24) is 9.55 Å². The van der Waals surface area contributed by atoms with Gasteiger partial charge in [-0.25, -0.2) is 4.98 Å². The molecule has 0 fully saturated rings. The molecule has 1 atom stereocenters. The smallest absolute Gasteiger partial charge is 0.308 e. The number of rotatable bonds is 2. The molecule has 3 rings (SSSR count). The van der Waals surface area contributed by atoms with Gasteiger partial charge in [-0.1, -0.05) is 23.7 Å². The van der Waals surface area contributed by atoms with Crippen LogP contribution in [-0.2, 0) is 17.8 Å². The van der Waals surface area contributed by atoms with E-state index in [-0.39, 0.29) is 5.75 Å². The van der Waals surface area contributed by atoms with Crippen molar-refractivity contribution in [2.24, 2.45) is 5.92 Å². The summed E-state index contributed by atoms with van der Waals surface area (Å²) in [5.74, 6) is -0.635. The molecule has 0 aliphatic carbocycles. The lowest BCUT2D eigenvalue weighted by molar-refractivity contribution is -0.142. The van der Waals surface area contributed by atoms with E-state index in [1.165, 1.54) is 0 Å². The van der Waals surface area contributed by atoms with Crippen LogP contribution in [0.3, 0.4) is 0 Å². The number of halogens is 1. The summed E-state index contributed by atoms with van der Waals surface area (Å²) in [6.45, 7) is 0.327. The monoisotopic (exact) mass is 292 g/mol. The molecule has 0 saturated carbocycles. The Hall–Kier alpha value is -2.01. The first-order valence-electron chi connectivity index (χ1n) is 6.34. The number of phenolic OH excluding ortho intramolecular Hbond substituents is 1. The number of imidazole rings is 1. The first-order chi connectivity index (χ1) is 9.58. The summed E-state index contributed by atoms with van der Waals surface area (Å²) in [6, 6.07) is 6.83. The molecule has 1 aliphatic heterocycles. The highest BCUT2D eigenvalue weighted by molar-refractivity contribution is 6.30. The number of hydrogen-bond donors (Lipinski definition) is 2. The molecule has 0 radical (unpaired) electrons. The minimum atomic E-state index is -0.816. The topological polar surface area (TPSA) is 75.3 Å². The van der Waals surface area contributed by atoms with Gasteiger partial charge in [-0.2, -0.15) is 0 Å². The third kappa shape index (κ3) is 2.04. The van der Waals surface area contributed by atoms with Crippen LogP contribution in [0.5, 0.6) is 5.75 Å². The summed E-state index contributed by atoms with van der Waals surface area (Å²) in [6.07, 6.45) is 1.14. The van der Waals surface area contributed by atoms with Gasteiger partial charge in [-0.15, -0.1) is 0 Å². The quantitative estimate of drug-likeness (QED) is 0.892. The van der Waals surface area contributed by atoms with E-state index in [9.17, 15) is 15.0 Å². The molecule has 6 heteroatoms. The fourth-order valence-corrected chi connectivity index (χ4v) is 2.86. The number of nitrogens with zero attached hydrogens (tertiary/aromatic N) is 2. The number of fused-ring (bicyclic) bond motifs is 1. The lowest BCUT2D eigenvalue weighted by atomic mass is 9.98. The standard InChI is InChI=1S/C14H13ClN2O3/c15-12-10-6-5-8(14(19)20)7-17(10)13(16-12)9-3-1-2-4-11(9)18/h1-4,8,18H,5-7H2,(H,19,20). The van der Waals surface area contributed by atoms with Gasteiger partial charge < -0.3 is 14.8 Å². The molecule has 1 aliphatic rings. The average Bonchev–Trinajstić information content (AvgIpc) is 2.76. The van der Waals surface area contributed by atoms with E-state index in [0.29, 0.717) is 35.9 Å².